The average molecular weight is 411 g/mol. The van der Waals surface area contributed by atoms with Gasteiger partial charge in [0.2, 0.25) is 0 Å². The molecule has 10 heteroatoms. The lowest BCUT2D eigenvalue weighted by Gasteiger charge is -2.17. The van der Waals surface area contributed by atoms with Crippen LogP contribution in [0.1, 0.15) is 6.23 Å². The minimum absolute atomic E-state index is 0.233. The largest absolute Gasteiger partial charge is 0.394 e. The van der Waals surface area contributed by atoms with Gasteiger partial charge >= 0.3 is 0 Å². The van der Waals surface area contributed by atoms with Crippen LogP contribution in [0.2, 0.25) is 10.0 Å². The second-order valence-electron chi connectivity index (χ2n) is 6.29. The van der Waals surface area contributed by atoms with Gasteiger partial charge in [0, 0.05) is 21.8 Å². The molecule has 0 aliphatic carbocycles. The minimum atomic E-state index is -1.26. The van der Waals surface area contributed by atoms with Gasteiger partial charge < -0.3 is 30.4 Å². The van der Waals surface area contributed by atoms with Gasteiger partial charge in [0.15, 0.2) is 6.23 Å². The summed E-state index contributed by atoms with van der Waals surface area (Å²) in [6, 6.07) is 5.05. The van der Waals surface area contributed by atoms with E-state index in [1.807, 2.05) is 0 Å². The minimum Gasteiger partial charge on any atom is -0.394 e. The summed E-state index contributed by atoms with van der Waals surface area (Å²) in [5.74, 6) is 0.233. The van der Waals surface area contributed by atoms with Crippen LogP contribution in [-0.4, -0.2) is 54.8 Å². The van der Waals surface area contributed by atoms with Crippen LogP contribution in [0.25, 0.3) is 22.2 Å². The summed E-state index contributed by atoms with van der Waals surface area (Å²) < 4.78 is 7.18. The maximum absolute atomic E-state index is 10.4. The topological polar surface area (TPSA) is 127 Å². The van der Waals surface area contributed by atoms with E-state index >= 15 is 0 Å². The van der Waals surface area contributed by atoms with Crippen molar-refractivity contribution in [3.63, 3.8) is 0 Å². The van der Waals surface area contributed by atoms with E-state index in [0.717, 1.165) is 0 Å². The number of nitrogen functional groups attached to an aromatic ring is 1. The van der Waals surface area contributed by atoms with Crippen molar-refractivity contribution in [3.8, 4) is 11.1 Å². The first-order valence-electron chi connectivity index (χ1n) is 8.10. The molecule has 0 unspecified atom stereocenters. The van der Waals surface area contributed by atoms with Gasteiger partial charge in [-0.05, 0) is 23.8 Å². The number of nitrogens with zero attached hydrogens (tertiary/aromatic N) is 3. The Hall–Kier alpha value is -1.94. The number of hydrogen-bond donors (Lipinski definition) is 4. The average Bonchev–Trinajstić information content (AvgIpc) is 3.14. The molecule has 1 aliphatic rings. The molecule has 4 rings (SSSR count). The van der Waals surface area contributed by atoms with Gasteiger partial charge in [-0.1, -0.05) is 23.2 Å². The number of anilines is 1. The lowest BCUT2D eigenvalue weighted by atomic mass is 10.1. The van der Waals surface area contributed by atoms with E-state index in [4.69, 9.17) is 33.7 Å². The first-order valence-corrected chi connectivity index (χ1v) is 8.86. The molecule has 3 aromatic rings. The first-order chi connectivity index (χ1) is 12.9. The Kier molecular flexibility index (Phi) is 4.71. The van der Waals surface area contributed by atoms with Crippen LogP contribution in [-0.2, 0) is 4.74 Å². The number of fused-ring (bicyclic) bond motifs is 1. The zero-order valence-corrected chi connectivity index (χ0v) is 15.3. The van der Waals surface area contributed by atoms with Crippen molar-refractivity contribution in [1.29, 1.82) is 0 Å². The molecule has 0 radical (unpaired) electrons. The highest BCUT2D eigenvalue weighted by Crippen LogP contribution is 2.39. The molecular weight excluding hydrogens is 395 g/mol. The fourth-order valence-electron chi connectivity index (χ4n) is 3.34. The molecule has 4 atom stereocenters. The first kappa shape index (κ1) is 18.4. The SMILES string of the molecule is Nc1ncnc2c1c(-c1cc(Cl)cc(Cl)c1)cn2[C@@H]1O[C@H](CO)[C@@H](O)[C@H]1O. The highest BCUT2D eigenvalue weighted by molar-refractivity contribution is 6.35. The second kappa shape index (κ2) is 6.90. The van der Waals surface area contributed by atoms with Crippen LogP contribution in [0.3, 0.4) is 0 Å². The number of aromatic nitrogens is 3. The molecule has 142 valence electrons. The maximum atomic E-state index is 10.4. The Bertz CT molecular complexity index is 992. The third-order valence-corrected chi connectivity index (χ3v) is 5.04. The van der Waals surface area contributed by atoms with Crippen LogP contribution >= 0.6 is 23.2 Å². The standard InChI is InChI=1S/C17H16Cl2N4O4/c18-8-1-7(2-9(19)3-8)10-4-23(16-12(10)15(20)21-6-22-16)17-14(26)13(25)11(5-24)27-17/h1-4,6,11,13-14,17,24-26H,5H2,(H2,20,21,22)/t11-,13-,14-,17-/m1/s1. The van der Waals surface area contributed by atoms with E-state index in [2.05, 4.69) is 9.97 Å². The zero-order chi connectivity index (χ0) is 19.3. The van der Waals surface area contributed by atoms with Crippen molar-refractivity contribution in [2.75, 3.05) is 12.3 Å². The second-order valence-corrected chi connectivity index (χ2v) is 7.17. The molecule has 1 aromatic carbocycles. The van der Waals surface area contributed by atoms with Crippen molar-refractivity contribution in [1.82, 2.24) is 14.5 Å². The van der Waals surface area contributed by atoms with E-state index in [0.29, 0.717) is 32.2 Å². The van der Waals surface area contributed by atoms with Crippen LogP contribution < -0.4 is 5.73 Å². The molecule has 1 saturated heterocycles. The molecule has 27 heavy (non-hydrogen) atoms. The number of hydrogen-bond acceptors (Lipinski definition) is 7. The summed E-state index contributed by atoms with van der Waals surface area (Å²) >= 11 is 12.3. The summed E-state index contributed by atoms with van der Waals surface area (Å²) in [5.41, 5.74) is 7.81. The van der Waals surface area contributed by atoms with E-state index in [1.165, 1.54) is 6.33 Å². The van der Waals surface area contributed by atoms with Crippen molar-refractivity contribution in [2.24, 2.45) is 0 Å². The molecule has 0 amide bonds. The van der Waals surface area contributed by atoms with E-state index in [9.17, 15) is 15.3 Å². The fourth-order valence-corrected chi connectivity index (χ4v) is 3.87. The highest BCUT2D eigenvalue weighted by Gasteiger charge is 2.44. The third-order valence-electron chi connectivity index (χ3n) is 4.60. The molecule has 1 fully saturated rings. The lowest BCUT2D eigenvalue weighted by molar-refractivity contribution is -0.0508. The number of rotatable bonds is 3. The molecule has 2 aromatic heterocycles. The molecular formula is C17H16Cl2N4O4. The number of nitrogens with two attached hydrogens (primary N) is 1. The van der Waals surface area contributed by atoms with Gasteiger partial charge in [-0.15, -0.1) is 0 Å². The predicted molar refractivity (Wildman–Crippen MR) is 100 cm³/mol. The number of halogens is 2. The molecule has 8 nitrogen and oxygen atoms in total. The molecule has 1 aliphatic heterocycles. The van der Waals surface area contributed by atoms with Gasteiger partial charge in [-0.3, -0.25) is 0 Å². The molecule has 0 saturated carbocycles. The Labute approximate surface area is 163 Å². The summed E-state index contributed by atoms with van der Waals surface area (Å²) in [5, 5.41) is 31.2. The molecule has 5 N–H and O–H groups in total. The van der Waals surface area contributed by atoms with Crippen molar-refractivity contribution >= 4 is 40.1 Å². The predicted octanol–water partition coefficient (Wildman–Crippen LogP) is 1.60. The van der Waals surface area contributed by atoms with Crippen LogP contribution in [0, 0.1) is 0 Å². The number of aliphatic hydroxyl groups excluding tert-OH is 3. The number of benzene rings is 1. The normalized spacial score (nSPS) is 25.4. The van der Waals surface area contributed by atoms with Gasteiger partial charge in [0.25, 0.3) is 0 Å². The quantitative estimate of drug-likeness (QED) is 0.516. The summed E-state index contributed by atoms with van der Waals surface area (Å²) in [6.45, 7) is -0.429. The molecule has 0 bridgehead atoms. The van der Waals surface area contributed by atoms with E-state index in [1.54, 1.807) is 29.0 Å². The Morgan fingerprint density at radius 3 is 2.44 bits per heavy atom. The number of ether oxygens (including phenoxy) is 1. The number of aliphatic hydroxyl groups is 3. The Morgan fingerprint density at radius 2 is 1.81 bits per heavy atom. The summed E-state index contributed by atoms with van der Waals surface area (Å²) in [6.07, 6.45) is -1.39. The van der Waals surface area contributed by atoms with Crippen LogP contribution in [0.4, 0.5) is 5.82 Å². The summed E-state index contributed by atoms with van der Waals surface area (Å²) in [4.78, 5) is 8.30. The van der Waals surface area contributed by atoms with Gasteiger partial charge in [-0.25, -0.2) is 9.97 Å². The summed E-state index contributed by atoms with van der Waals surface area (Å²) in [7, 11) is 0. The maximum Gasteiger partial charge on any atom is 0.164 e. The smallest absolute Gasteiger partial charge is 0.164 e. The van der Waals surface area contributed by atoms with Crippen molar-refractivity contribution in [3.05, 3.63) is 40.8 Å². The van der Waals surface area contributed by atoms with Crippen LogP contribution in [0.5, 0.6) is 0 Å². The zero-order valence-electron chi connectivity index (χ0n) is 13.8. The lowest BCUT2D eigenvalue weighted by Crippen LogP contribution is -2.33. The van der Waals surface area contributed by atoms with Crippen molar-refractivity contribution < 1.29 is 20.1 Å². The van der Waals surface area contributed by atoms with Crippen LogP contribution in [0.15, 0.2) is 30.7 Å². The van der Waals surface area contributed by atoms with Gasteiger partial charge in [0.1, 0.15) is 36.1 Å². The van der Waals surface area contributed by atoms with Crippen molar-refractivity contribution in [2.45, 2.75) is 24.5 Å². The van der Waals surface area contributed by atoms with E-state index in [-0.39, 0.29) is 5.82 Å². The fraction of sp³-hybridized carbons (Fsp3) is 0.294. The molecule has 0 spiro atoms. The van der Waals surface area contributed by atoms with Gasteiger partial charge in [-0.2, -0.15) is 0 Å². The third kappa shape index (κ3) is 3.04. The monoisotopic (exact) mass is 410 g/mol. The highest BCUT2D eigenvalue weighted by atomic mass is 35.5. The Morgan fingerprint density at radius 1 is 1.11 bits per heavy atom. The Balaban J connectivity index is 1.92. The molecule has 3 heterocycles. The van der Waals surface area contributed by atoms with Gasteiger partial charge in [0.05, 0.1) is 12.0 Å². The van der Waals surface area contributed by atoms with E-state index < -0.39 is 31.1 Å².